The molecular weight excluding hydrogens is 268 g/mol. The molecule has 0 aliphatic heterocycles. The number of anilines is 2. The van der Waals surface area contributed by atoms with E-state index in [0.29, 0.717) is 11.3 Å². The fourth-order valence-electron chi connectivity index (χ4n) is 2.56. The number of nitrogens with two attached hydrogens (primary N) is 1. The van der Waals surface area contributed by atoms with E-state index in [1.54, 1.807) is 36.4 Å². The SMILES string of the molecule is CC(=O)Nc1cccc2c1C(=O)c1c(N)cccc1C2=O. The molecular formula is C16H12N2O3. The number of amides is 1. The minimum atomic E-state index is -0.345. The molecule has 0 saturated heterocycles. The highest BCUT2D eigenvalue weighted by molar-refractivity contribution is 6.32. The van der Waals surface area contributed by atoms with Crippen molar-refractivity contribution in [1.82, 2.24) is 0 Å². The van der Waals surface area contributed by atoms with Crippen LogP contribution in [0.15, 0.2) is 36.4 Å². The Hall–Kier alpha value is -2.95. The molecule has 5 nitrogen and oxygen atoms in total. The van der Waals surface area contributed by atoms with Crippen LogP contribution in [0.3, 0.4) is 0 Å². The van der Waals surface area contributed by atoms with E-state index in [2.05, 4.69) is 5.32 Å². The van der Waals surface area contributed by atoms with Crippen LogP contribution in [0.5, 0.6) is 0 Å². The number of benzene rings is 2. The first-order valence-corrected chi connectivity index (χ1v) is 6.39. The molecule has 0 unspecified atom stereocenters. The van der Waals surface area contributed by atoms with Crippen LogP contribution in [0.2, 0.25) is 0 Å². The normalized spacial score (nSPS) is 12.6. The highest BCUT2D eigenvalue weighted by Crippen LogP contribution is 2.34. The highest BCUT2D eigenvalue weighted by atomic mass is 16.2. The van der Waals surface area contributed by atoms with Crippen LogP contribution in [0.1, 0.15) is 38.8 Å². The van der Waals surface area contributed by atoms with Crippen LogP contribution in [0.25, 0.3) is 0 Å². The number of hydrogen-bond donors (Lipinski definition) is 2. The van der Waals surface area contributed by atoms with Crippen LogP contribution < -0.4 is 11.1 Å². The fraction of sp³-hybridized carbons (Fsp3) is 0.0625. The Labute approximate surface area is 120 Å². The lowest BCUT2D eigenvalue weighted by atomic mass is 9.82. The molecule has 0 bridgehead atoms. The number of fused-ring (bicyclic) bond motifs is 2. The standard InChI is InChI=1S/C16H12N2O3/c1-8(19)18-12-7-3-5-10-14(12)16(21)13-9(15(10)20)4-2-6-11(13)17/h2-7H,17H2,1H3,(H,18,19). The summed E-state index contributed by atoms with van der Waals surface area (Å²) >= 11 is 0. The number of ketones is 2. The van der Waals surface area contributed by atoms with E-state index >= 15 is 0 Å². The number of nitrogens with one attached hydrogen (secondary N) is 1. The van der Waals surface area contributed by atoms with Gasteiger partial charge < -0.3 is 11.1 Å². The molecule has 5 heteroatoms. The van der Waals surface area contributed by atoms with Crippen LogP contribution in [0, 0.1) is 0 Å². The van der Waals surface area contributed by atoms with Gasteiger partial charge >= 0.3 is 0 Å². The Balaban J connectivity index is 2.29. The monoisotopic (exact) mass is 280 g/mol. The summed E-state index contributed by atoms with van der Waals surface area (Å²) in [4.78, 5) is 36.5. The molecule has 2 aromatic rings. The van der Waals surface area contributed by atoms with E-state index in [9.17, 15) is 14.4 Å². The van der Waals surface area contributed by atoms with Crippen molar-refractivity contribution in [3.8, 4) is 0 Å². The molecule has 104 valence electrons. The molecule has 3 rings (SSSR count). The van der Waals surface area contributed by atoms with E-state index in [-0.39, 0.29) is 39.9 Å². The Kier molecular flexibility index (Phi) is 2.83. The fourth-order valence-corrected chi connectivity index (χ4v) is 2.56. The zero-order chi connectivity index (χ0) is 15.1. The molecule has 21 heavy (non-hydrogen) atoms. The second-order valence-electron chi connectivity index (χ2n) is 4.84. The minimum Gasteiger partial charge on any atom is -0.398 e. The quantitative estimate of drug-likeness (QED) is 0.667. The minimum absolute atomic E-state index is 0.197. The van der Waals surface area contributed by atoms with E-state index in [4.69, 9.17) is 5.73 Å². The Morgan fingerprint density at radius 2 is 1.57 bits per heavy atom. The van der Waals surface area contributed by atoms with Crippen molar-refractivity contribution in [2.24, 2.45) is 0 Å². The molecule has 0 heterocycles. The lowest BCUT2D eigenvalue weighted by Gasteiger charge is -2.21. The number of carbonyl (C=O) groups is 3. The average molecular weight is 280 g/mol. The van der Waals surface area contributed by atoms with Gasteiger partial charge in [-0.2, -0.15) is 0 Å². The lowest BCUT2D eigenvalue weighted by Crippen LogP contribution is -2.24. The van der Waals surface area contributed by atoms with Crippen LogP contribution >= 0.6 is 0 Å². The molecule has 2 aromatic carbocycles. The van der Waals surface area contributed by atoms with Gasteiger partial charge in [0.2, 0.25) is 5.91 Å². The first-order chi connectivity index (χ1) is 10.0. The molecule has 0 saturated carbocycles. The summed E-state index contributed by atoms with van der Waals surface area (Å²) in [7, 11) is 0. The summed E-state index contributed by atoms with van der Waals surface area (Å²) in [5.74, 6) is -0.920. The molecule has 0 atom stereocenters. The van der Waals surface area contributed by atoms with Crippen molar-refractivity contribution in [3.63, 3.8) is 0 Å². The summed E-state index contributed by atoms with van der Waals surface area (Å²) in [6, 6.07) is 9.60. The third kappa shape index (κ3) is 1.90. The summed E-state index contributed by atoms with van der Waals surface area (Å²) in [5.41, 5.74) is 7.41. The molecule has 0 radical (unpaired) electrons. The van der Waals surface area contributed by atoms with Gasteiger partial charge in [0.1, 0.15) is 0 Å². The van der Waals surface area contributed by atoms with E-state index in [0.717, 1.165) is 0 Å². The molecule has 0 spiro atoms. The van der Waals surface area contributed by atoms with Gasteiger partial charge in [-0.3, -0.25) is 14.4 Å². The molecule has 0 aromatic heterocycles. The van der Waals surface area contributed by atoms with Gasteiger partial charge in [0.15, 0.2) is 11.6 Å². The summed E-state index contributed by atoms with van der Waals surface area (Å²) in [6.45, 7) is 1.34. The lowest BCUT2D eigenvalue weighted by molar-refractivity contribution is -0.114. The maximum absolute atomic E-state index is 12.7. The highest BCUT2D eigenvalue weighted by Gasteiger charge is 2.33. The van der Waals surface area contributed by atoms with E-state index in [1.165, 1.54) is 6.92 Å². The molecule has 1 amide bonds. The Bertz CT molecular complexity index is 809. The molecule has 3 N–H and O–H groups in total. The van der Waals surface area contributed by atoms with Gasteiger partial charge in [0.25, 0.3) is 0 Å². The van der Waals surface area contributed by atoms with Gasteiger partial charge in [0.05, 0.1) is 16.8 Å². The van der Waals surface area contributed by atoms with Gasteiger partial charge in [-0.15, -0.1) is 0 Å². The van der Waals surface area contributed by atoms with Crippen LogP contribution in [0.4, 0.5) is 11.4 Å². The van der Waals surface area contributed by atoms with Crippen LogP contribution in [-0.4, -0.2) is 17.5 Å². The van der Waals surface area contributed by atoms with Crippen molar-refractivity contribution in [2.45, 2.75) is 6.92 Å². The number of rotatable bonds is 1. The predicted molar refractivity (Wildman–Crippen MR) is 78.5 cm³/mol. The zero-order valence-electron chi connectivity index (χ0n) is 11.3. The summed E-state index contributed by atoms with van der Waals surface area (Å²) in [5, 5.41) is 2.58. The van der Waals surface area contributed by atoms with Gasteiger partial charge in [-0.25, -0.2) is 0 Å². The third-order valence-corrected chi connectivity index (χ3v) is 3.42. The second kappa shape index (κ2) is 4.56. The maximum atomic E-state index is 12.7. The largest absolute Gasteiger partial charge is 0.398 e. The number of nitrogen functional groups attached to an aromatic ring is 1. The van der Waals surface area contributed by atoms with Crippen LogP contribution in [-0.2, 0) is 4.79 Å². The van der Waals surface area contributed by atoms with E-state index in [1.807, 2.05) is 0 Å². The Morgan fingerprint density at radius 1 is 0.952 bits per heavy atom. The second-order valence-corrected chi connectivity index (χ2v) is 4.84. The molecule has 1 aliphatic carbocycles. The predicted octanol–water partition coefficient (Wildman–Crippen LogP) is 2.00. The van der Waals surface area contributed by atoms with E-state index < -0.39 is 0 Å². The summed E-state index contributed by atoms with van der Waals surface area (Å²) < 4.78 is 0. The van der Waals surface area contributed by atoms with Crippen molar-refractivity contribution in [3.05, 3.63) is 58.7 Å². The Morgan fingerprint density at radius 3 is 2.24 bits per heavy atom. The maximum Gasteiger partial charge on any atom is 0.221 e. The first kappa shape index (κ1) is 13.1. The van der Waals surface area contributed by atoms with Crippen molar-refractivity contribution < 1.29 is 14.4 Å². The van der Waals surface area contributed by atoms with Crippen molar-refractivity contribution >= 4 is 28.8 Å². The number of carbonyl (C=O) groups excluding carboxylic acids is 3. The van der Waals surface area contributed by atoms with Gasteiger partial charge in [-0.05, 0) is 12.1 Å². The average Bonchev–Trinajstić information content (AvgIpc) is 2.43. The number of hydrogen-bond acceptors (Lipinski definition) is 4. The van der Waals surface area contributed by atoms with Gasteiger partial charge in [-0.1, -0.05) is 24.3 Å². The molecule has 0 fully saturated rings. The zero-order valence-corrected chi connectivity index (χ0v) is 11.3. The smallest absolute Gasteiger partial charge is 0.221 e. The first-order valence-electron chi connectivity index (χ1n) is 6.39. The van der Waals surface area contributed by atoms with Crippen molar-refractivity contribution in [2.75, 3.05) is 11.1 Å². The topological polar surface area (TPSA) is 89.3 Å². The molecule has 1 aliphatic rings. The third-order valence-electron chi connectivity index (χ3n) is 3.42. The van der Waals surface area contributed by atoms with Crippen molar-refractivity contribution in [1.29, 1.82) is 0 Å². The summed E-state index contributed by atoms with van der Waals surface area (Å²) in [6.07, 6.45) is 0. The van der Waals surface area contributed by atoms with Gasteiger partial charge in [0, 0.05) is 23.7 Å².